The smallest absolute Gasteiger partial charge is 0.134 e. The summed E-state index contributed by atoms with van der Waals surface area (Å²) in [6.45, 7) is 2.59. The van der Waals surface area contributed by atoms with Gasteiger partial charge in [0, 0.05) is 24.2 Å². The maximum absolute atomic E-state index is 14.0. The van der Waals surface area contributed by atoms with E-state index in [-0.39, 0.29) is 5.56 Å². The molecule has 0 aliphatic carbocycles. The molecule has 114 valence electrons. The predicted molar refractivity (Wildman–Crippen MR) is 77.4 cm³/mol. The van der Waals surface area contributed by atoms with Crippen LogP contribution in [0.15, 0.2) is 22.8 Å². The topological polar surface area (TPSA) is 29.9 Å². The number of hydrogen-bond donors (Lipinski definition) is 1. The van der Waals surface area contributed by atoms with Crippen molar-refractivity contribution in [3.05, 3.63) is 51.5 Å². The minimum Gasteiger partial charge on any atom is -0.308 e. The van der Waals surface area contributed by atoms with Gasteiger partial charge in [-0.3, -0.25) is 4.68 Å². The molecule has 1 unspecified atom stereocenters. The van der Waals surface area contributed by atoms with Gasteiger partial charge in [0.25, 0.3) is 0 Å². The number of nitrogens with zero attached hydrogens (tertiary/aromatic N) is 2. The number of halogens is 4. The van der Waals surface area contributed by atoms with Crippen molar-refractivity contribution < 1.29 is 13.2 Å². The summed E-state index contributed by atoms with van der Waals surface area (Å²) in [7, 11) is 1.59. The number of hydrogen-bond acceptors (Lipinski definition) is 2. The Hall–Kier alpha value is -1.34. The molecule has 21 heavy (non-hydrogen) atoms. The molecule has 3 nitrogen and oxygen atoms in total. The summed E-state index contributed by atoms with van der Waals surface area (Å²) in [5.74, 6) is -2.80. The Kier molecular flexibility index (Phi) is 5.05. The fraction of sp³-hybridized carbons (Fsp3) is 0.357. The zero-order chi connectivity index (χ0) is 15.6. The van der Waals surface area contributed by atoms with Crippen molar-refractivity contribution in [3.8, 4) is 0 Å². The Morgan fingerprint density at radius 3 is 2.43 bits per heavy atom. The summed E-state index contributed by atoms with van der Waals surface area (Å²) in [5.41, 5.74) is 0.376. The number of benzene rings is 1. The van der Waals surface area contributed by atoms with Gasteiger partial charge >= 0.3 is 0 Å². The third-order valence-electron chi connectivity index (χ3n) is 3.16. The van der Waals surface area contributed by atoms with Gasteiger partial charge in [-0.25, -0.2) is 13.2 Å². The lowest BCUT2D eigenvalue weighted by molar-refractivity contribution is 0.476. The summed E-state index contributed by atoms with van der Waals surface area (Å²) >= 11 is 3.35. The normalized spacial score (nSPS) is 12.7. The fourth-order valence-corrected chi connectivity index (χ4v) is 2.82. The molecule has 0 aliphatic heterocycles. The Bertz CT molecular complexity index is 619. The minimum atomic E-state index is -0.940. The quantitative estimate of drug-likeness (QED) is 0.878. The Labute approximate surface area is 129 Å². The molecule has 2 rings (SSSR count). The third kappa shape index (κ3) is 3.13. The summed E-state index contributed by atoms with van der Waals surface area (Å²) in [5, 5.41) is 7.06. The third-order valence-corrected chi connectivity index (χ3v) is 3.77. The first-order chi connectivity index (χ1) is 9.99. The summed E-state index contributed by atoms with van der Waals surface area (Å²) in [4.78, 5) is 0. The molecule has 1 atom stereocenters. The van der Waals surface area contributed by atoms with Crippen LogP contribution in [-0.2, 0) is 6.54 Å². The lowest BCUT2D eigenvalue weighted by atomic mass is 10.0. The molecule has 0 saturated heterocycles. The number of aromatic nitrogens is 2. The van der Waals surface area contributed by atoms with Crippen molar-refractivity contribution in [1.29, 1.82) is 0 Å². The molecule has 0 amide bonds. The molecule has 1 N–H and O–H groups in total. The molecule has 0 aliphatic rings. The van der Waals surface area contributed by atoms with Gasteiger partial charge in [-0.05, 0) is 29.4 Å². The summed E-state index contributed by atoms with van der Waals surface area (Å²) in [6.07, 6.45) is 2.40. The van der Waals surface area contributed by atoms with Crippen molar-refractivity contribution in [1.82, 2.24) is 15.1 Å². The Morgan fingerprint density at radius 2 is 1.90 bits per heavy atom. The van der Waals surface area contributed by atoms with Gasteiger partial charge in [-0.15, -0.1) is 0 Å². The first-order valence-electron chi connectivity index (χ1n) is 6.52. The van der Waals surface area contributed by atoms with Crippen LogP contribution >= 0.6 is 15.9 Å². The van der Waals surface area contributed by atoms with Crippen LogP contribution in [-0.4, -0.2) is 16.8 Å². The van der Waals surface area contributed by atoms with Crippen LogP contribution in [0, 0.1) is 17.5 Å². The zero-order valence-corrected chi connectivity index (χ0v) is 13.2. The largest absolute Gasteiger partial charge is 0.308 e. The molecule has 0 spiro atoms. The highest BCUT2D eigenvalue weighted by atomic mass is 79.9. The van der Waals surface area contributed by atoms with E-state index in [0.717, 1.165) is 6.42 Å². The van der Waals surface area contributed by atoms with Crippen molar-refractivity contribution in [2.75, 3.05) is 7.05 Å². The second kappa shape index (κ2) is 6.62. The van der Waals surface area contributed by atoms with Crippen LogP contribution < -0.4 is 5.32 Å². The maximum Gasteiger partial charge on any atom is 0.134 e. The molecule has 1 heterocycles. The van der Waals surface area contributed by atoms with Gasteiger partial charge in [0.2, 0.25) is 0 Å². The molecule has 0 fully saturated rings. The second-order valence-electron chi connectivity index (χ2n) is 4.61. The van der Waals surface area contributed by atoms with E-state index in [1.807, 2.05) is 6.92 Å². The van der Waals surface area contributed by atoms with E-state index in [9.17, 15) is 13.2 Å². The number of aryl methyl sites for hydroxylation is 1. The van der Waals surface area contributed by atoms with Gasteiger partial charge in [0.1, 0.15) is 17.5 Å². The van der Waals surface area contributed by atoms with Gasteiger partial charge in [-0.1, -0.05) is 6.92 Å². The molecule has 7 heteroatoms. The molecule has 1 aromatic carbocycles. The number of nitrogens with one attached hydrogen (secondary N) is 1. The molecule has 0 radical (unpaired) electrons. The minimum absolute atomic E-state index is 0.225. The lowest BCUT2D eigenvalue weighted by Gasteiger charge is -2.20. The highest BCUT2D eigenvalue weighted by Crippen LogP contribution is 2.32. The first-order valence-corrected chi connectivity index (χ1v) is 7.31. The maximum atomic E-state index is 14.0. The number of rotatable bonds is 5. The van der Waals surface area contributed by atoms with Crippen molar-refractivity contribution >= 4 is 15.9 Å². The van der Waals surface area contributed by atoms with E-state index in [0.29, 0.717) is 28.8 Å². The van der Waals surface area contributed by atoms with Crippen LogP contribution in [0.1, 0.15) is 30.6 Å². The highest BCUT2D eigenvalue weighted by molar-refractivity contribution is 9.10. The molecule has 0 bridgehead atoms. The standard InChI is InChI=1S/C14H15BrF3N3/c1-3-4-21-14(9(15)7-20-21)13(19-2)12-10(17)5-8(16)6-11(12)18/h5-7,13,19H,3-4H2,1-2H3. The average Bonchev–Trinajstić information content (AvgIpc) is 2.75. The van der Waals surface area contributed by atoms with Crippen LogP contribution in [0.3, 0.4) is 0 Å². The molecule has 2 aromatic rings. The van der Waals surface area contributed by atoms with Gasteiger partial charge in [0.05, 0.1) is 22.4 Å². The van der Waals surface area contributed by atoms with Gasteiger partial charge < -0.3 is 5.32 Å². The van der Waals surface area contributed by atoms with Crippen LogP contribution in [0.5, 0.6) is 0 Å². The van der Waals surface area contributed by atoms with Gasteiger partial charge in [0.15, 0.2) is 0 Å². The molecular formula is C14H15BrF3N3. The van der Waals surface area contributed by atoms with E-state index in [2.05, 4.69) is 26.3 Å². The highest BCUT2D eigenvalue weighted by Gasteiger charge is 2.26. The fourth-order valence-electron chi connectivity index (χ4n) is 2.30. The van der Waals surface area contributed by atoms with E-state index in [4.69, 9.17) is 0 Å². The van der Waals surface area contributed by atoms with E-state index >= 15 is 0 Å². The van der Waals surface area contributed by atoms with Crippen LogP contribution in [0.4, 0.5) is 13.2 Å². The Morgan fingerprint density at radius 1 is 1.29 bits per heavy atom. The summed E-state index contributed by atoms with van der Waals surface area (Å²) in [6, 6.07) is 0.586. The lowest BCUT2D eigenvalue weighted by Crippen LogP contribution is -2.24. The first kappa shape index (κ1) is 16.0. The van der Waals surface area contributed by atoms with E-state index in [1.54, 1.807) is 17.9 Å². The SMILES string of the molecule is CCCn1ncc(Br)c1C(NC)c1c(F)cc(F)cc1F. The Balaban J connectivity index is 2.58. The molecule has 0 saturated carbocycles. The summed E-state index contributed by atoms with van der Waals surface area (Å²) < 4.78 is 43.4. The van der Waals surface area contributed by atoms with E-state index in [1.165, 1.54) is 0 Å². The zero-order valence-electron chi connectivity index (χ0n) is 11.6. The molecular weight excluding hydrogens is 347 g/mol. The van der Waals surface area contributed by atoms with Crippen LogP contribution in [0.25, 0.3) is 0 Å². The average molecular weight is 362 g/mol. The second-order valence-corrected chi connectivity index (χ2v) is 5.46. The van der Waals surface area contributed by atoms with Crippen molar-refractivity contribution in [3.63, 3.8) is 0 Å². The predicted octanol–water partition coefficient (Wildman–Crippen LogP) is 3.78. The van der Waals surface area contributed by atoms with Crippen LogP contribution in [0.2, 0.25) is 0 Å². The van der Waals surface area contributed by atoms with E-state index < -0.39 is 23.5 Å². The van der Waals surface area contributed by atoms with Crippen molar-refractivity contribution in [2.45, 2.75) is 25.9 Å². The van der Waals surface area contributed by atoms with Crippen molar-refractivity contribution in [2.24, 2.45) is 0 Å². The molecule has 1 aromatic heterocycles. The van der Waals surface area contributed by atoms with Gasteiger partial charge in [-0.2, -0.15) is 5.10 Å². The monoisotopic (exact) mass is 361 g/mol.